The number of hydrogen-bond donors (Lipinski definition) is 2. The number of benzene rings is 1. The lowest BCUT2D eigenvalue weighted by molar-refractivity contribution is -0.131. The Balaban J connectivity index is 2.18. The van der Waals surface area contributed by atoms with Crippen LogP contribution in [0.15, 0.2) is 66.5 Å². The Labute approximate surface area is 175 Å². The molecule has 2 N–H and O–H groups in total. The highest BCUT2D eigenvalue weighted by Crippen LogP contribution is 2.28. The second kappa shape index (κ2) is 10.2. The maximum absolute atomic E-state index is 13.4. The van der Waals surface area contributed by atoms with Crippen molar-refractivity contribution in [2.24, 2.45) is 4.99 Å². The minimum absolute atomic E-state index is 0.0738. The molecule has 1 aliphatic heterocycles. The lowest BCUT2D eigenvalue weighted by atomic mass is 10.1. The molecule has 6 nitrogen and oxygen atoms in total. The van der Waals surface area contributed by atoms with Crippen LogP contribution in [0.5, 0.6) is 0 Å². The molecule has 162 valence electrons. The second-order valence-electron chi connectivity index (χ2n) is 7.02. The van der Waals surface area contributed by atoms with Gasteiger partial charge in [0.05, 0.1) is 18.3 Å². The maximum Gasteiger partial charge on any atom is 0.270 e. The molecule has 1 unspecified atom stereocenters. The topological polar surface area (TPSA) is 68.2 Å². The van der Waals surface area contributed by atoms with Crippen LogP contribution in [-0.4, -0.2) is 58.9 Å². The summed E-state index contributed by atoms with van der Waals surface area (Å²) < 4.78 is 26.8. The van der Waals surface area contributed by atoms with Gasteiger partial charge in [-0.25, -0.2) is 13.8 Å². The molecule has 1 fully saturated rings. The molecule has 0 spiro atoms. The van der Waals surface area contributed by atoms with E-state index in [1.54, 1.807) is 29.3 Å². The van der Waals surface area contributed by atoms with Gasteiger partial charge in [0.1, 0.15) is 0 Å². The number of rotatable bonds is 7. The molecule has 2 rings (SSSR count). The van der Waals surface area contributed by atoms with Crippen molar-refractivity contribution >= 4 is 17.4 Å². The predicted octanol–water partition coefficient (Wildman–Crippen LogP) is 3.35. The third kappa shape index (κ3) is 5.76. The average Bonchev–Trinajstić information content (AvgIpc) is 2.73. The molecule has 1 saturated heterocycles. The lowest BCUT2D eigenvalue weighted by Crippen LogP contribution is -2.58. The van der Waals surface area contributed by atoms with Crippen LogP contribution in [0.25, 0.3) is 0 Å². The van der Waals surface area contributed by atoms with E-state index in [1.807, 2.05) is 11.8 Å². The largest absolute Gasteiger partial charge is 0.394 e. The Bertz CT molecular complexity index is 829. The number of carbonyl (C=O) groups excluding carboxylic acids is 1. The van der Waals surface area contributed by atoms with Crippen molar-refractivity contribution in [1.29, 1.82) is 0 Å². The van der Waals surface area contributed by atoms with E-state index >= 15 is 0 Å². The van der Waals surface area contributed by atoms with E-state index in [-0.39, 0.29) is 18.1 Å². The van der Waals surface area contributed by atoms with Crippen LogP contribution < -0.4 is 5.32 Å². The Morgan fingerprint density at radius 2 is 2.03 bits per heavy atom. The molecule has 0 bridgehead atoms. The number of halogens is 2. The smallest absolute Gasteiger partial charge is 0.270 e. The van der Waals surface area contributed by atoms with Gasteiger partial charge in [-0.05, 0) is 25.1 Å². The zero-order valence-corrected chi connectivity index (χ0v) is 17.3. The van der Waals surface area contributed by atoms with Gasteiger partial charge < -0.3 is 20.2 Å². The highest BCUT2D eigenvalue weighted by molar-refractivity contribution is 6.01. The molecule has 1 aliphatic rings. The summed E-state index contributed by atoms with van der Waals surface area (Å²) in [6, 6.07) is 5.43. The molecular weight excluding hydrogens is 390 g/mol. The number of anilines is 1. The van der Waals surface area contributed by atoms with Gasteiger partial charge in [0, 0.05) is 44.0 Å². The Morgan fingerprint density at radius 3 is 2.57 bits per heavy atom. The minimum atomic E-state index is -2.91. The van der Waals surface area contributed by atoms with Gasteiger partial charge in [-0.2, -0.15) is 0 Å². The van der Waals surface area contributed by atoms with Crippen molar-refractivity contribution in [2.45, 2.75) is 25.8 Å². The molecular formula is C22H28F2N4O2. The molecule has 0 aliphatic carbocycles. The summed E-state index contributed by atoms with van der Waals surface area (Å²) in [6.07, 6.45) is 4.63. The average molecular weight is 418 g/mol. The van der Waals surface area contributed by atoms with Crippen LogP contribution in [0, 0.1) is 0 Å². The van der Waals surface area contributed by atoms with Crippen molar-refractivity contribution in [1.82, 2.24) is 9.80 Å². The Morgan fingerprint density at radius 1 is 1.37 bits per heavy atom. The number of aliphatic imine (C=N–C) groups is 1. The number of carbonyl (C=O) groups is 1. The van der Waals surface area contributed by atoms with Gasteiger partial charge in [-0.15, -0.1) is 0 Å². The van der Waals surface area contributed by atoms with Gasteiger partial charge in [0.2, 0.25) is 5.91 Å². The fourth-order valence-corrected chi connectivity index (χ4v) is 3.18. The van der Waals surface area contributed by atoms with Gasteiger partial charge in [-0.1, -0.05) is 31.4 Å². The van der Waals surface area contributed by atoms with Crippen LogP contribution >= 0.6 is 0 Å². The summed E-state index contributed by atoms with van der Waals surface area (Å²) in [6.45, 7) is 11.3. The van der Waals surface area contributed by atoms with E-state index in [1.165, 1.54) is 18.2 Å². The van der Waals surface area contributed by atoms with E-state index in [0.29, 0.717) is 36.9 Å². The Hall–Kier alpha value is -3.00. The van der Waals surface area contributed by atoms with Crippen molar-refractivity contribution in [3.63, 3.8) is 0 Å². The van der Waals surface area contributed by atoms with Gasteiger partial charge in [0.25, 0.3) is 5.92 Å². The summed E-state index contributed by atoms with van der Waals surface area (Å²) in [7, 11) is 0. The van der Waals surface area contributed by atoms with E-state index in [0.717, 1.165) is 6.92 Å². The molecule has 0 aromatic heterocycles. The van der Waals surface area contributed by atoms with Crippen LogP contribution in [0.1, 0.15) is 19.4 Å². The zero-order chi connectivity index (χ0) is 22.3. The zero-order valence-electron chi connectivity index (χ0n) is 17.3. The van der Waals surface area contributed by atoms with Gasteiger partial charge >= 0.3 is 0 Å². The quantitative estimate of drug-likeness (QED) is 0.405. The number of hydrogen-bond acceptors (Lipinski definition) is 4. The van der Waals surface area contributed by atoms with Gasteiger partial charge in [0.15, 0.2) is 5.84 Å². The number of nitrogens with one attached hydrogen (secondary N) is 1. The third-order valence-corrected chi connectivity index (χ3v) is 4.75. The summed E-state index contributed by atoms with van der Waals surface area (Å²) >= 11 is 0. The molecule has 8 heteroatoms. The van der Waals surface area contributed by atoms with Gasteiger partial charge in [-0.3, -0.25) is 4.79 Å². The van der Waals surface area contributed by atoms with Crippen molar-refractivity contribution < 1.29 is 18.7 Å². The van der Waals surface area contributed by atoms with Crippen LogP contribution in [0.4, 0.5) is 14.5 Å². The van der Waals surface area contributed by atoms with E-state index in [2.05, 4.69) is 23.5 Å². The van der Waals surface area contributed by atoms with E-state index in [9.17, 15) is 18.7 Å². The summed E-state index contributed by atoms with van der Waals surface area (Å²) in [5.41, 5.74) is 1.000. The van der Waals surface area contributed by atoms with Crippen LogP contribution in [0.3, 0.4) is 0 Å². The van der Waals surface area contributed by atoms with Crippen LogP contribution in [0.2, 0.25) is 0 Å². The third-order valence-electron chi connectivity index (χ3n) is 4.75. The molecule has 1 heterocycles. The highest BCUT2D eigenvalue weighted by atomic mass is 19.3. The Kier molecular flexibility index (Phi) is 7.88. The maximum atomic E-state index is 13.4. The number of aliphatic hydroxyl groups is 1. The highest BCUT2D eigenvalue weighted by Gasteiger charge is 2.31. The fraction of sp³-hybridized carbons (Fsp3) is 0.364. The first-order chi connectivity index (χ1) is 14.2. The molecule has 1 amide bonds. The summed E-state index contributed by atoms with van der Waals surface area (Å²) in [5, 5.41) is 12.8. The first kappa shape index (κ1) is 23.3. The summed E-state index contributed by atoms with van der Waals surface area (Å²) in [5.74, 6) is -2.59. The van der Waals surface area contributed by atoms with Crippen molar-refractivity contribution in [2.75, 3.05) is 31.6 Å². The first-order valence-electron chi connectivity index (χ1n) is 9.63. The number of amidine groups is 1. The minimum Gasteiger partial charge on any atom is -0.394 e. The SMILES string of the molecule is C=CC(=O)N1CCN(C(=N/C=C\C)C(=C)Nc2ccc(C(C)(F)F)cc2)CC1CO. The molecule has 1 aromatic carbocycles. The molecule has 1 aromatic rings. The number of alkyl halides is 2. The number of allylic oxidation sites excluding steroid dienone is 1. The number of aliphatic hydroxyl groups excluding tert-OH is 1. The normalized spacial score (nSPS) is 17.9. The predicted molar refractivity (Wildman–Crippen MR) is 115 cm³/mol. The van der Waals surface area contributed by atoms with E-state index < -0.39 is 12.0 Å². The number of amides is 1. The monoisotopic (exact) mass is 418 g/mol. The standard InChI is InChI=1S/C22H28F2N4O2/c1-5-11-25-21(27-12-13-28(20(30)6-2)19(14-27)15-29)16(3)26-18-9-7-17(8-10-18)22(4,23)24/h5-11,19,26,29H,2-3,12-15H2,1,4H3/b11-5-,25-21?. The molecule has 0 saturated carbocycles. The molecule has 1 atom stereocenters. The fourth-order valence-electron chi connectivity index (χ4n) is 3.18. The molecule has 30 heavy (non-hydrogen) atoms. The second-order valence-corrected chi connectivity index (χ2v) is 7.02. The lowest BCUT2D eigenvalue weighted by Gasteiger charge is -2.41. The number of nitrogens with zero attached hydrogens (tertiary/aromatic N) is 3. The number of piperazine rings is 1. The summed E-state index contributed by atoms with van der Waals surface area (Å²) in [4.78, 5) is 20.0. The molecule has 0 radical (unpaired) electrons. The van der Waals surface area contributed by atoms with Crippen molar-refractivity contribution in [3.8, 4) is 0 Å². The first-order valence-corrected chi connectivity index (χ1v) is 9.63. The van der Waals surface area contributed by atoms with Crippen LogP contribution in [-0.2, 0) is 10.7 Å². The van der Waals surface area contributed by atoms with E-state index in [4.69, 9.17) is 0 Å². The van der Waals surface area contributed by atoms with Crippen molar-refractivity contribution in [3.05, 3.63) is 67.0 Å².